The first-order valence-electron chi connectivity index (χ1n) is 10.9. The Morgan fingerprint density at radius 1 is 1.28 bits per heavy atom. The van der Waals surface area contributed by atoms with Crippen LogP contribution in [0.15, 0.2) is 23.1 Å². The largest absolute Gasteiger partial charge is 0.444 e. The van der Waals surface area contributed by atoms with Crippen LogP contribution in [-0.2, 0) is 18.2 Å². The Hall–Kier alpha value is -2.62. The van der Waals surface area contributed by atoms with Gasteiger partial charge in [0.25, 0.3) is 0 Å². The van der Waals surface area contributed by atoms with Crippen LogP contribution in [0, 0.1) is 0 Å². The van der Waals surface area contributed by atoms with Crippen molar-refractivity contribution in [3.63, 3.8) is 0 Å². The Kier molecular flexibility index (Phi) is 6.15. The number of likely N-dealkylation sites (tertiary alicyclic amines) is 1. The van der Waals surface area contributed by atoms with E-state index < -0.39 is 5.60 Å². The van der Waals surface area contributed by atoms with E-state index in [0.29, 0.717) is 17.9 Å². The van der Waals surface area contributed by atoms with Crippen LogP contribution in [0.5, 0.6) is 0 Å². The second-order valence-electron chi connectivity index (χ2n) is 9.32. The Morgan fingerprint density at radius 3 is 2.75 bits per heavy atom. The fourth-order valence-corrected chi connectivity index (χ4v) is 4.59. The SMILES string of the molecule is Cn1cc(-c2cnn3c(N)c(Br)c(CCC4CCCCN4C(=O)OC(C)(C)C)nc23)cn1. The van der Waals surface area contributed by atoms with Crippen molar-refractivity contribution in [1.29, 1.82) is 0 Å². The molecule has 1 aliphatic heterocycles. The molecule has 0 radical (unpaired) electrons. The zero-order valence-corrected chi connectivity index (χ0v) is 20.6. The lowest BCUT2D eigenvalue weighted by Gasteiger charge is -2.36. The summed E-state index contributed by atoms with van der Waals surface area (Å²) in [6.45, 7) is 6.42. The molecule has 0 spiro atoms. The quantitative estimate of drug-likeness (QED) is 0.572. The van der Waals surface area contributed by atoms with Crippen LogP contribution in [0.4, 0.5) is 10.6 Å². The van der Waals surface area contributed by atoms with E-state index in [4.69, 9.17) is 15.5 Å². The third-order valence-electron chi connectivity index (χ3n) is 5.68. The van der Waals surface area contributed by atoms with Gasteiger partial charge in [0.1, 0.15) is 11.4 Å². The minimum atomic E-state index is -0.506. The summed E-state index contributed by atoms with van der Waals surface area (Å²) in [5, 5.41) is 8.67. The Bertz CT molecular complexity index is 1130. The van der Waals surface area contributed by atoms with Crippen LogP contribution in [0.25, 0.3) is 16.8 Å². The smallest absolute Gasteiger partial charge is 0.410 e. The van der Waals surface area contributed by atoms with E-state index in [0.717, 1.165) is 53.5 Å². The highest BCUT2D eigenvalue weighted by atomic mass is 79.9. The van der Waals surface area contributed by atoms with Gasteiger partial charge in [0.2, 0.25) is 0 Å². The highest BCUT2D eigenvalue weighted by molar-refractivity contribution is 9.10. The van der Waals surface area contributed by atoms with Gasteiger partial charge in [-0.3, -0.25) is 4.68 Å². The van der Waals surface area contributed by atoms with Gasteiger partial charge in [0.15, 0.2) is 5.65 Å². The van der Waals surface area contributed by atoms with Crippen molar-refractivity contribution in [2.24, 2.45) is 7.05 Å². The number of rotatable bonds is 4. The summed E-state index contributed by atoms with van der Waals surface area (Å²) in [6, 6.07) is 0.118. The van der Waals surface area contributed by atoms with Crippen LogP contribution in [0.1, 0.15) is 52.1 Å². The highest BCUT2D eigenvalue weighted by Crippen LogP contribution is 2.31. The topological polar surface area (TPSA) is 104 Å². The normalized spacial score (nSPS) is 17.2. The number of hydrogen-bond donors (Lipinski definition) is 1. The van der Waals surface area contributed by atoms with Gasteiger partial charge in [-0.1, -0.05) is 0 Å². The molecule has 4 rings (SSSR count). The number of anilines is 1. The molecule has 0 aliphatic carbocycles. The first kappa shape index (κ1) is 22.6. The molecule has 1 saturated heterocycles. The second-order valence-corrected chi connectivity index (χ2v) is 10.1. The van der Waals surface area contributed by atoms with E-state index in [1.54, 1.807) is 21.6 Å². The molecule has 0 saturated carbocycles. The van der Waals surface area contributed by atoms with E-state index >= 15 is 0 Å². The highest BCUT2D eigenvalue weighted by Gasteiger charge is 2.30. The summed E-state index contributed by atoms with van der Waals surface area (Å²) in [5.41, 5.74) is 9.24. The molecule has 1 amide bonds. The van der Waals surface area contributed by atoms with Crippen molar-refractivity contribution in [3.8, 4) is 11.1 Å². The maximum absolute atomic E-state index is 12.7. The average Bonchev–Trinajstić information content (AvgIpc) is 3.34. The Labute approximate surface area is 196 Å². The monoisotopic (exact) mass is 503 g/mol. The Morgan fingerprint density at radius 2 is 2.06 bits per heavy atom. The molecule has 0 aromatic carbocycles. The van der Waals surface area contributed by atoms with Crippen molar-refractivity contribution in [2.45, 2.75) is 64.5 Å². The zero-order chi connectivity index (χ0) is 23.0. The molecule has 1 aliphatic rings. The van der Waals surface area contributed by atoms with Gasteiger partial charge < -0.3 is 15.4 Å². The lowest BCUT2D eigenvalue weighted by atomic mass is 9.97. The van der Waals surface area contributed by atoms with Gasteiger partial charge in [-0.25, -0.2) is 9.78 Å². The lowest BCUT2D eigenvalue weighted by molar-refractivity contribution is 0.00887. The minimum Gasteiger partial charge on any atom is -0.444 e. The number of nitrogen functional groups attached to an aromatic ring is 1. The number of carbonyl (C=O) groups is 1. The third-order valence-corrected chi connectivity index (χ3v) is 6.54. The molecule has 3 aromatic rings. The van der Waals surface area contributed by atoms with Gasteiger partial charge in [0.05, 0.1) is 22.6 Å². The molecule has 1 fully saturated rings. The number of halogens is 1. The average molecular weight is 504 g/mol. The number of ether oxygens (including phenoxy) is 1. The second kappa shape index (κ2) is 8.73. The molecule has 1 atom stereocenters. The van der Waals surface area contributed by atoms with E-state index in [-0.39, 0.29) is 12.1 Å². The number of hydrogen-bond acceptors (Lipinski definition) is 6. The molecule has 10 heteroatoms. The Balaban J connectivity index is 1.58. The predicted octanol–water partition coefficient (Wildman–Crippen LogP) is 4.20. The standard InChI is InChI=1S/C22H30BrN7O2/c1-22(2,3)32-21(31)29-10-6-5-7-15(29)8-9-17-18(23)19(24)30-20(27-17)16(12-26-30)14-11-25-28(4)13-14/h11-13,15H,5-10,24H2,1-4H3. The van der Waals surface area contributed by atoms with Crippen molar-refractivity contribution in [3.05, 3.63) is 28.8 Å². The number of amides is 1. The fourth-order valence-electron chi connectivity index (χ4n) is 4.14. The minimum absolute atomic E-state index is 0.118. The molecule has 3 aromatic heterocycles. The summed E-state index contributed by atoms with van der Waals surface area (Å²) in [6.07, 6.45) is 9.78. The maximum Gasteiger partial charge on any atom is 0.410 e. The number of aryl methyl sites for hydroxylation is 2. The number of aromatic nitrogens is 5. The summed E-state index contributed by atoms with van der Waals surface area (Å²) in [7, 11) is 1.87. The maximum atomic E-state index is 12.7. The van der Waals surface area contributed by atoms with Gasteiger partial charge in [-0.05, 0) is 68.8 Å². The molecule has 2 N–H and O–H groups in total. The first-order valence-corrected chi connectivity index (χ1v) is 11.7. The third kappa shape index (κ3) is 4.60. The van der Waals surface area contributed by atoms with Gasteiger partial charge in [-0.2, -0.15) is 14.7 Å². The lowest BCUT2D eigenvalue weighted by Crippen LogP contribution is -2.46. The molecule has 9 nitrogen and oxygen atoms in total. The fraction of sp³-hybridized carbons (Fsp3) is 0.545. The summed E-state index contributed by atoms with van der Waals surface area (Å²) in [4.78, 5) is 19.5. The van der Waals surface area contributed by atoms with E-state index in [9.17, 15) is 4.79 Å². The van der Waals surface area contributed by atoms with Crippen LogP contribution in [0.3, 0.4) is 0 Å². The molecule has 4 heterocycles. The number of piperidine rings is 1. The summed E-state index contributed by atoms with van der Waals surface area (Å²) < 4.78 is 9.77. The van der Waals surface area contributed by atoms with E-state index in [2.05, 4.69) is 26.1 Å². The molecule has 0 bridgehead atoms. The summed E-state index contributed by atoms with van der Waals surface area (Å²) in [5.74, 6) is 0.507. The van der Waals surface area contributed by atoms with Crippen molar-refractivity contribution in [2.75, 3.05) is 12.3 Å². The molecular weight excluding hydrogens is 474 g/mol. The number of nitrogens with two attached hydrogens (primary N) is 1. The molecule has 172 valence electrons. The molecule has 32 heavy (non-hydrogen) atoms. The number of fused-ring (bicyclic) bond motifs is 1. The van der Waals surface area contributed by atoms with E-state index in [1.165, 1.54) is 0 Å². The van der Waals surface area contributed by atoms with Gasteiger partial charge >= 0.3 is 6.09 Å². The predicted molar refractivity (Wildman–Crippen MR) is 126 cm³/mol. The van der Waals surface area contributed by atoms with Crippen LogP contribution < -0.4 is 5.73 Å². The first-order chi connectivity index (χ1) is 15.1. The van der Waals surface area contributed by atoms with Crippen molar-refractivity contribution in [1.82, 2.24) is 29.3 Å². The van der Waals surface area contributed by atoms with Gasteiger partial charge in [0, 0.05) is 37.0 Å². The van der Waals surface area contributed by atoms with Crippen LogP contribution in [0.2, 0.25) is 0 Å². The van der Waals surface area contributed by atoms with E-state index in [1.807, 2.05) is 38.9 Å². The summed E-state index contributed by atoms with van der Waals surface area (Å²) >= 11 is 3.61. The molecule has 1 unspecified atom stereocenters. The number of carbonyl (C=O) groups excluding carboxylic acids is 1. The molecular formula is C22H30BrN7O2. The zero-order valence-electron chi connectivity index (χ0n) is 19.0. The number of nitrogens with zero attached hydrogens (tertiary/aromatic N) is 6. The van der Waals surface area contributed by atoms with Crippen molar-refractivity contribution < 1.29 is 9.53 Å². The van der Waals surface area contributed by atoms with Crippen LogP contribution in [-0.4, -0.2) is 53.6 Å². The van der Waals surface area contributed by atoms with Crippen molar-refractivity contribution >= 4 is 33.5 Å². The van der Waals surface area contributed by atoms with Gasteiger partial charge in [-0.15, -0.1) is 0 Å². The van der Waals surface area contributed by atoms with Crippen LogP contribution >= 0.6 is 15.9 Å².